The molecule has 18 heavy (non-hydrogen) atoms. The normalized spacial score (nSPS) is 23.1. The maximum atomic E-state index is 9.25. The Labute approximate surface area is 110 Å². The largest absolute Gasteiger partial charge is 0.396 e. The summed E-state index contributed by atoms with van der Waals surface area (Å²) in [5.74, 6) is 0.664. The number of nitriles is 1. The molecular formula is C12H14ClN3O2. The highest BCUT2D eigenvalue weighted by molar-refractivity contribution is 6.33. The molecule has 1 aliphatic rings. The Kier molecular flexibility index (Phi) is 4.02. The van der Waals surface area contributed by atoms with Crippen molar-refractivity contribution in [1.82, 2.24) is 4.98 Å². The van der Waals surface area contributed by atoms with E-state index in [0.29, 0.717) is 29.5 Å². The summed E-state index contributed by atoms with van der Waals surface area (Å²) in [4.78, 5) is 6.11. The molecule has 1 aromatic rings. The molecule has 2 atom stereocenters. The van der Waals surface area contributed by atoms with Gasteiger partial charge >= 0.3 is 0 Å². The smallest absolute Gasteiger partial charge is 0.147 e. The van der Waals surface area contributed by atoms with Crippen LogP contribution in [0.5, 0.6) is 0 Å². The Morgan fingerprint density at radius 2 is 2.00 bits per heavy atom. The van der Waals surface area contributed by atoms with Crippen LogP contribution in [0.1, 0.15) is 5.56 Å². The van der Waals surface area contributed by atoms with E-state index in [1.165, 1.54) is 6.20 Å². The molecule has 1 saturated heterocycles. The summed E-state index contributed by atoms with van der Waals surface area (Å²) in [7, 11) is 0. The fourth-order valence-corrected chi connectivity index (χ4v) is 2.54. The average Bonchev–Trinajstić information content (AvgIpc) is 2.81. The van der Waals surface area contributed by atoms with Crippen molar-refractivity contribution in [1.29, 1.82) is 5.26 Å². The number of anilines is 1. The summed E-state index contributed by atoms with van der Waals surface area (Å²) in [5.41, 5.74) is 0.417. The van der Waals surface area contributed by atoms with Crippen molar-refractivity contribution in [3.8, 4) is 6.07 Å². The van der Waals surface area contributed by atoms with Gasteiger partial charge in [-0.3, -0.25) is 0 Å². The number of aliphatic hydroxyl groups excluding tert-OH is 2. The molecule has 0 bridgehead atoms. The Bertz CT molecular complexity index is 463. The molecule has 0 saturated carbocycles. The molecular weight excluding hydrogens is 254 g/mol. The van der Waals surface area contributed by atoms with E-state index in [1.807, 2.05) is 11.0 Å². The summed E-state index contributed by atoms with van der Waals surface area (Å²) in [6, 6.07) is 3.55. The Morgan fingerprint density at radius 3 is 2.44 bits per heavy atom. The van der Waals surface area contributed by atoms with Gasteiger partial charge in [0.25, 0.3) is 0 Å². The zero-order valence-corrected chi connectivity index (χ0v) is 10.5. The molecule has 5 nitrogen and oxygen atoms in total. The molecule has 1 fully saturated rings. The van der Waals surface area contributed by atoms with Crippen LogP contribution < -0.4 is 4.90 Å². The van der Waals surface area contributed by atoms with E-state index in [9.17, 15) is 10.2 Å². The minimum atomic E-state index is 0.0310. The second-order valence-electron chi connectivity index (χ2n) is 4.43. The number of hydrogen-bond acceptors (Lipinski definition) is 5. The number of aliphatic hydroxyl groups is 2. The van der Waals surface area contributed by atoms with E-state index in [2.05, 4.69) is 4.98 Å². The van der Waals surface area contributed by atoms with Gasteiger partial charge in [0.2, 0.25) is 0 Å². The number of hydrogen-bond donors (Lipinski definition) is 2. The van der Waals surface area contributed by atoms with Crippen LogP contribution in [0.25, 0.3) is 0 Å². The molecule has 0 radical (unpaired) electrons. The quantitative estimate of drug-likeness (QED) is 0.840. The van der Waals surface area contributed by atoms with Gasteiger partial charge < -0.3 is 15.1 Å². The van der Waals surface area contributed by atoms with Crippen molar-refractivity contribution in [3.63, 3.8) is 0 Å². The summed E-state index contributed by atoms with van der Waals surface area (Å²) in [5, 5.41) is 27.7. The first-order valence-electron chi connectivity index (χ1n) is 5.72. The monoisotopic (exact) mass is 267 g/mol. The highest BCUT2D eigenvalue weighted by atomic mass is 35.5. The molecule has 6 heteroatoms. The third-order valence-corrected chi connectivity index (χ3v) is 3.57. The number of halogens is 1. The average molecular weight is 268 g/mol. The third kappa shape index (κ3) is 2.41. The van der Waals surface area contributed by atoms with Crippen molar-refractivity contribution in [2.75, 3.05) is 31.2 Å². The minimum Gasteiger partial charge on any atom is -0.396 e. The summed E-state index contributed by atoms with van der Waals surface area (Å²) < 4.78 is 0. The lowest BCUT2D eigenvalue weighted by Gasteiger charge is -2.18. The standard InChI is InChI=1S/C12H14ClN3O2/c13-11-1-8(2-14)3-15-12(11)16-4-9(6-17)10(5-16)7-18/h1,3,9-10,17-18H,4-7H2. The van der Waals surface area contributed by atoms with Gasteiger partial charge in [-0.2, -0.15) is 5.26 Å². The lowest BCUT2D eigenvalue weighted by Crippen LogP contribution is -2.22. The first-order valence-corrected chi connectivity index (χ1v) is 6.09. The zero-order chi connectivity index (χ0) is 13.1. The topological polar surface area (TPSA) is 80.4 Å². The van der Waals surface area contributed by atoms with Gasteiger partial charge in [0.1, 0.15) is 11.9 Å². The predicted octanol–water partition coefficient (Wildman–Crippen LogP) is 0.644. The van der Waals surface area contributed by atoms with Gasteiger partial charge in [0.05, 0.1) is 10.6 Å². The highest BCUT2D eigenvalue weighted by Crippen LogP contribution is 2.31. The number of pyridine rings is 1. The lowest BCUT2D eigenvalue weighted by atomic mass is 9.98. The van der Waals surface area contributed by atoms with E-state index in [-0.39, 0.29) is 25.0 Å². The second-order valence-corrected chi connectivity index (χ2v) is 4.84. The van der Waals surface area contributed by atoms with Crippen molar-refractivity contribution < 1.29 is 10.2 Å². The van der Waals surface area contributed by atoms with E-state index < -0.39 is 0 Å². The molecule has 1 aliphatic heterocycles. The Hall–Kier alpha value is -1.35. The molecule has 2 N–H and O–H groups in total. The molecule has 2 unspecified atom stereocenters. The highest BCUT2D eigenvalue weighted by Gasteiger charge is 2.33. The van der Waals surface area contributed by atoms with Gasteiger partial charge in [-0.1, -0.05) is 11.6 Å². The van der Waals surface area contributed by atoms with Crippen molar-refractivity contribution >= 4 is 17.4 Å². The minimum absolute atomic E-state index is 0.0310. The van der Waals surface area contributed by atoms with Crippen molar-refractivity contribution in [2.24, 2.45) is 11.8 Å². The van der Waals surface area contributed by atoms with Crippen LogP contribution in [0.2, 0.25) is 5.02 Å². The third-order valence-electron chi connectivity index (χ3n) is 3.30. The molecule has 0 aromatic carbocycles. The van der Waals surface area contributed by atoms with Crippen LogP contribution in [0, 0.1) is 23.2 Å². The van der Waals surface area contributed by atoms with Gasteiger partial charge in [0, 0.05) is 44.3 Å². The molecule has 96 valence electrons. The van der Waals surface area contributed by atoms with Crippen LogP contribution in [0.4, 0.5) is 5.82 Å². The van der Waals surface area contributed by atoms with Crippen molar-refractivity contribution in [3.05, 3.63) is 22.8 Å². The van der Waals surface area contributed by atoms with E-state index >= 15 is 0 Å². The summed E-state index contributed by atoms with van der Waals surface area (Å²) in [6.45, 7) is 1.30. The van der Waals surface area contributed by atoms with Gasteiger partial charge in [-0.15, -0.1) is 0 Å². The van der Waals surface area contributed by atoms with Crippen molar-refractivity contribution in [2.45, 2.75) is 0 Å². The van der Waals surface area contributed by atoms with Gasteiger partial charge in [-0.25, -0.2) is 4.98 Å². The number of aromatic nitrogens is 1. The van der Waals surface area contributed by atoms with Crippen LogP contribution in [-0.4, -0.2) is 41.5 Å². The zero-order valence-electron chi connectivity index (χ0n) is 9.75. The molecule has 0 amide bonds. The first kappa shape index (κ1) is 13.1. The maximum Gasteiger partial charge on any atom is 0.147 e. The van der Waals surface area contributed by atoms with Crippen LogP contribution >= 0.6 is 11.6 Å². The number of nitrogens with zero attached hydrogens (tertiary/aromatic N) is 3. The molecule has 0 spiro atoms. The van der Waals surface area contributed by atoms with Gasteiger partial charge in [0.15, 0.2) is 0 Å². The van der Waals surface area contributed by atoms with Gasteiger partial charge in [-0.05, 0) is 6.07 Å². The predicted molar refractivity (Wildman–Crippen MR) is 67.3 cm³/mol. The molecule has 2 rings (SSSR count). The van der Waals surface area contributed by atoms with Crippen LogP contribution in [-0.2, 0) is 0 Å². The summed E-state index contributed by atoms with van der Waals surface area (Å²) >= 11 is 6.09. The fourth-order valence-electron chi connectivity index (χ4n) is 2.25. The molecule has 1 aromatic heterocycles. The van der Waals surface area contributed by atoms with E-state index in [4.69, 9.17) is 16.9 Å². The number of rotatable bonds is 3. The first-order chi connectivity index (χ1) is 8.69. The molecule has 0 aliphatic carbocycles. The van der Waals surface area contributed by atoms with Crippen LogP contribution in [0.3, 0.4) is 0 Å². The maximum absolute atomic E-state index is 9.25. The fraction of sp³-hybridized carbons (Fsp3) is 0.500. The second kappa shape index (κ2) is 5.53. The Morgan fingerprint density at radius 1 is 1.39 bits per heavy atom. The van der Waals surface area contributed by atoms with Crippen LogP contribution in [0.15, 0.2) is 12.3 Å². The molecule has 2 heterocycles. The lowest BCUT2D eigenvalue weighted by molar-refractivity contribution is 0.152. The Balaban J connectivity index is 2.21. The summed E-state index contributed by atoms with van der Waals surface area (Å²) in [6.07, 6.45) is 1.47. The SMILES string of the molecule is N#Cc1cnc(N2CC(CO)C(CO)C2)c(Cl)c1. The van der Waals surface area contributed by atoms with E-state index in [0.717, 1.165) is 0 Å². The van der Waals surface area contributed by atoms with E-state index in [1.54, 1.807) is 6.07 Å².